The molecule has 0 N–H and O–H groups in total. The van der Waals surface area contributed by atoms with Crippen molar-refractivity contribution in [2.75, 3.05) is 0 Å². The summed E-state index contributed by atoms with van der Waals surface area (Å²) in [5.74, 6) is 0.723. The Hall–Kier alpha value is -6.52. The molecule has 0 amide bonds. The Labute approximate surface area is 276 Å². The molecule has 0 aliphatic heterocycles. The van der Waals surface area contributed by atoms with Gasteiger partial charge in [-0.3, -0.25) is 9.97 Å². The third-order valence-corrected chi connectivity index (χ3v) is 9.53. The molecule has 10 aromatic rings. The van der Waals surface area contributed by atoms with Gasteiger partial charge in [0.1, 0.15) is 0 Å². The Bertz CT molecular complexity index is 2650. The van der Waals surface area contributed by atoms with Gasteiger partial charge in [-0.1, -0.05) is 103 Å². The molecule has 3 aromatic heterocycles. The minimum atomic E-state index is 0.723. The van der Waals surface area contributed by atoms with E-state index < -0.39 is 0 Å². The van der Waals surface area contributed by atoms with Gasteiger partial charge in [0, 0.05) is 56.8 Å². The fourth-order valence-electron chi connectivity index (χ4n) is 7.32. The second-order valence-corrected chi connectivity index (χ2v) is 12.3. The van der Waals surface area contributed by atoms with E-state index in [1.165, 1.54) is 26.9 Å². The van der Waals surface area contributed by atoms with Crippen molar-refractivity contribution < 1.29 is 0 Å². The maximum atomic E-state index is 5.32. The van der Waals surface area contributed by atoms with E-state index in [1.807, 2.05) is 36.7 Å². The first-order chi connectivity index (χ1) is 23.8. The lowest BCUT2D eigenvalue weighted by Crippen LogP contribution is -1.97. The number of fused-ring (bicyclic) bond motifs is 6. The fourth-order valence-corrected chi connectivity index (χ4v) is 7.32. The first-order valence-corrected chi connectivity index (χ1v) is 16.1. The Kier molecular flexibility index (Phi) is 5.84. The van der Waals surface area contributed by atoms with Gasteiger partial charge in [-0.25, -0.2) is 9.97 Å². The molecule has 0 aliphatic rings. The van der Waals surface area contributed by atoms with Crippen LogP contribution in [0.15, 0.2) is 158 Å². The quantitative estimate of drug-likeness (QED) is 0.147. The summed E-state index contributed by atoms with van der Waals surface area (Å²) in [6, 6.07) is 49.2. The summed E-state index contributed by atoms with van der Waals surface area (Å²) in [6.45, 7) is 0. The van der Waals surface area contributed by atoms with Crippen molar-refractivity contribution in [3.63, 3.8) is 0 Å². The lowest BCUT2D eigenvalue weighted by Gasteiger charge is -2.17. The van der Waals surface area contributed by atoms with Crippen LogP contribution in [0.1, 0.15) is 0 Å². The summed E-state index contributed by atoms with van der Waals surface area (Å²) < 4.78 is 0. The Morgan fingerprint density at radius 2 is 0.938 bits per heavy atom. The Balaban J connectivity index is 1.17. The number of hydrogen-bond acceptors (Lipinski definition) is 4. The number of rotatable bonds is 4. The predicted molar refractivity (Wildman–Crippen MR) is 198 cm³/mol. The molecule has 222 valence electrons. The number of hydrogen-bond donors (Lipinski definition) is 0. The van der Waals surface area contributed by atoms with Crippen LogP contribution < -0.4 is 0 Å². The monoisotopic (exact) mass is 610 g/mol. The predicted octanol–water partition coefficient (Wildman–Crippen LogP) is 11.1. The van der Waals surface area contributed by atoms with E-state index in [0.717, 1.165) is 72.1 Å². The van der Waals surface area contributed by atoms with Crippen LogP contribution in [0.5, 0.6) is 0 Å². The van der Waals surface area contributed by atoms with Crippen molar-refractivity contribution in [2.24, 2.45) is 0 Å². The molecule has 3 heterocycles. The van der Waals surface area contributed by atoms with Gasteiger partial charge in [-0.15, -0.1) is 0 Å². The maximum absolute atomic E-state index is 5.32. The average Bonchev–Trinajstić information content (AvgIpc) is 3.18. The van der Waals surface area contributed by atoms with Gasteiger partial charge >= 0.3 is 0 Å². The topological polar surface area (TPSA) is 51.6 Å². The Morgan fingerprint density at radius 1 is 0.354 bits per heavy atom. The van der Waals surface area contributed by atoms with E-state index >= 15 is 0 Å². The lowest BCUT2D eigenvalue weighted by atomic mass is 9.89. The summed E-state index contributed by atoms with van der Waals surface area (Å²) in [7, 11) is 0. The van der Waals surface area contributed by atoms with Crippen LogP contribution in [-0.2, 0) is 0 Å². The van der Waals surface area contributed by atoms with E-state index in [-0.39, 0.29) is 0 Å². The Morgan fingerprint density at radius 3 is 1.56 bits per heavy atom. The number of benzene rings is 7. The zero-order valence-corrected chi connectivity index (χ0v) is 25.8. The van der Waals surface area contributed by atoms with E-state index in [2.05, 4.69) is 125 Å². The number of pyridine rings is 2. The first kappa shape index (κ1) is 26.7. The molecular weight excluding hydrogens is 585 g/mol. The molecule has 0 atom stereocenters. The smallest absolute Gasteiger partial charge is 0.160 e. The van der Waals surface area contributed by atoms with Crippen LogP contribution >= 0.6 is 0 Å². The third-order valence-electron chi connectivity index (χ3n) is 9.53. The molecule has 0 radical (unpaired) electrons. The zero-order chi connectivity index (χ0) is 31.6. The molecular formula is C44H26N4. The number of aromatic nitrogens is 4. The SMILES string of the molecule is c1ccc(-c2cc(-c3ccc(-c4nc5c6ccccc6c6cccc7c8ccccc8c(n4)c5c67)cc3)cc(-c3cccnc3)c2)nc1. The maximum Gasteiger partial charge on any atom is 0.160 e. The van der Waals surface area contributed by atoms with Gasteiger partial charge in [0.2, 0.25) is 0 Å². The largest absolute Gasteiger partial charge is 0.264 e. The van der Waals surface area contributed by atoms with Crippen molar-refractivity contribution in [1.82, 2.24) is 19.9 Å². The highest BCUT2D eigenvalue weighted by Gasteiger charge is 2.20. The van der Waals surface area contributed by atoms with Gasteiger partial charge in [0.05, 0.1) is 16.7 Å². The molecule has 10 rings (SSSR count). The van der Waals surface area contributed by atoms with Gasteiger partial charge < -0.3 is 0 Å². The molecule has 4 nitrogen and oxygen atoms in total. The minimum absolute atomic E-state index is 0.723. The van der Waals surface area contributed by atoms with Crippen molar-refractivity contribution >= 4 is 54.1 Å². The van der Waals surface area contributed by atoms with Crippen LogP contribution in [0.4, 0.5) is 0 Å². The lowest BCUT2D eigenvalue weighted by molar-refractivity contribution is 1.27. The highest BCUT2D eigenvalue weighted by Crippen LogP contribution is 2.44. The van der Waals surface area contributed by atoms with Gasteiger partial charge in [0.15, 0.2) is 5.82 Å². The average molecular weight is 611 g/mol. The molecule has 0 spiro atoms. The van der Waals surface area contributed by atoms with E-state index in [4.69, 9.17) is 9.97 Å². The van der Waals surface area contributed by atoms with Crippen LogP contribution in [0.2, 0.25) is 0 Å². The van der Waals surface area contributed by atoms with Crippen molar-refractivity contribution in [3.05, 3.63) is 158 Å². The second kappa shape index (κ2) is 10.5. The number of nitrogens with zero attached hydrogens (tertiary/aromatic N) is 4. The van der Waals surface area contributed by atoms with E-state index in [0.29, 0.717) is 0 Å². The molecule has 7 aromatic carbocycles. The van der Waals surface area contributed by atoms with Crippen LogP contribution in [0, 0.1) is 0 Å². The molecule has 0 saturated carbocycles. The molecule has 0 unspecified atom stereocenters. The molecule has 0 bridgehead atoms. The van der Waals surface area contributed by atoms with Crippen molar-refractivity contribution in [2.45, 2.75) is 0 Å². The summed E-state index contributed by atoms with van der Waals surface area (Å²) >= 11 is 0. The highest BCUT2D eigenvalue weighted by atomic mass is 14.9. The molecule has 48 heavy (non-hydrogen) atoms. The third kappa shape index (κ3) is 4.10. The van der Waals surface area contributed by atoms with E-state index in [1.54, 1.807) is 6.20 Å². The minimum Gasteiger partial charge on any atom is -0.264 e. The molecule has 0 aliphatic carbocycles. The second-order valence-electron chi connectivity index (χ2n) is 12.3. The normalized spacial score (nSPS) is 11.8. The van der Waals surface area contributed by atoms with Crippen LogP contribution in [0.3, 0.4) is 0 Å². The zero-order valence-electron chi connectivity index (χ0n) is 25.8. The van der Waals surface area contributed by atoms with Crippen molar-refractivity contribution in [1.29, 1.82) is 0 Å². The van der Waals surface area contributed by atoms with Gasteiger partial charge in [-0.2, -0.15) is 0 Å². The standard InChI is InChI=1S/C44H26N4/c1-3-12-37-33(10-1)35-14-7-15-36-34-11-2-4-13-38(34)43-41(40(35)36)42(37)47-44(48-43)28-19-17-27(18-20-28)30-23-31(29-9-8-21-45-26-29)25-32(24-30)39-16-5-6-22-46-39/h1-26H. The van der Waals surface area contributed by atoms with Crippen LogP contribution in [0.25, 0.3) is 99.0 Å². The molecule has 4 heteroatoms. The summed E-state index contributed by atoms with van der Waals surface area (Å²) in [5.41, 5.74) is 9.34. The van der Waals surface area contributed by atoms with E-state index in [9.17, 15) is 0 Å². The van der Waals surface area contributed by atoms with Crippen LogP contribution in [-0.4, -0.2) is 19.9 Å². The molecule has 0 saturated heterocycles. The molecule has 0 fully saturated rings. The summed E-state index contributed by atoms with van der Waals surface area (Å²) in [4.78, 5) is 19.6. The fraction of sp³-hybridized carbons (Fsp3) is 0. The van der Waals surface area contributed by atoms with Gasteiger partial charge in [0.25, 0.3) is 0 Å². The summed E-state index contributed by atoms with van der Waals surface area (Å²) in [5, 5.41) is 9.57. The highest BCUT2D eigenvalue weighted by molar-refractivity contribution is 6.38. The van der Waals surface area contributed by atoms with Gasteiger partial charge in [-0.05, 0) is 74.6 Å². The van der Waals surface area contributed by atoms with Crippen molar-refractivity contribution in [3.8, 4) is 44.9 Å². The summed E-state index contributed by atoms with van der Waals surface area (Å²) in [6.07, 6.45) is 5.54. The first-order valence-electron chi connectivity index (χ1n) is 16.1.